The number of rotatable bonds is 4. The van der Waals surface area contributed by atoms with Crippen molar-refractivity contribution in [2.45, 2.75) is 35.8 Å². The van der Waals surface area contributed by atoms with E-state index in [1.165, 1.54) is 0 Å². The summed E-state index contributed by atoms with van der Waals surface area (Å²) >= 11 is 0. The molecule has 0 N–H and O–H groups in total. The lowest BCUT2D eigenvalue weighted by atomic mass is 9.55. The number of carbonyl (C=O) groups is 1. The molecule has 0 amide bonds. The lowest BCUT2D eigenvalue weighted by Crippen LogP contribution is -2.62. The van der Waals surface area contributed by atoms with Crippen molar-refractivity contribution in [2.24, 2.45) is 10.3 Å². The highest BCUT2D eigenvalue weighted by Gasteiger charge is 2.63. The summed E-state index contributed by atoms with van der Waals surface area (Å²) in [6.45, 7) is 1.54. The molecule has 2 bridgehead atoms. The third kappa shape index (κ3) is 2.16. The van der Waals surface area contributed by atoms with E-state index >= 15 is 0 Å². The van der Waals surface area contributed by atoms with Gasteiger partial charge in [-0.2, -0.15) is 4.36 Å². The minimum Gasteiger partial charge on any atom is -0.295 e. The lowest BCUT2D eigenvalue weighted by molar-refractivity contribution is 0.0516. The summed E-state index contributed by atoms with van der Waals surface area (Å²) in [6, 6.07) is 16.8. The summed E-state index contributed by atoms with van der Waals surface area (Å²) < 4.78 is 18.5. The van der Waals surface area contributed by atoms with Crippen LogP contribution in [0.3, 0.4) is 0 Å². The maximum atomic E-state index is 13.9. The standard InChI is InChI=1S/C19H19NO2S/c1-14(21)16-7-9-17(10-8-16)20-23(22,18-5-3-2-4-6-18)19-11-15(12-19)13-19/h2-10,15H,11-13H2,1H3. The molecular formula is C19H19NO2S. The van der Waals surface area contributed by atoms with Gasteiger partial charge in [0, 0.05) is 10.5 Å². The van der Waals surface area contributed by atoms with Crippen molar-refractivity contribution in [3.63, 3.8) is 0 Å². The van der Waals surface area contributed by atoms with Crippen LogP contribution < -0.4 is 0 Å². The molecule has 5 rings (SSSR count). The zero-order chi connectivity index (χ0) is 16.1. The van der Waals surface area contributed by atoms with Crippen molar-refractivity contribution in [1.29, 1.82) is 0 Å². The minimum absolute atomic E-state index is 0.0276. The van der Waals surface area contributed by atoms with E-state index < -0.39 is 9.73 Å². The number of hydrogen-bond donors (Lipinski definition) is 0. The Morgan fingerprint density at radius 1 is 1.04 bits per heavy atom. The summed E-state index contributed by atoms with van der Waals surface area (Å²) in [5.41, 5.74) is 1.34. The van der Waals surface area contributed by atoms with Gasteiger partial charge < -0.3 is 0 Å². The predicted molar refractivity (Wildman–Crippen MR) is 91.5 cm³/mol. The molecule has 1 atom stereocenters. The quantitative estimate of drug-likeness (QED) is 0.771. The molecule has 0 saturated heterocycles. The first-order valence-electron chi connectivity index (χ1n) is 7.95. The van der Waals surface area contributed by atoms with Gasteiger partial charge in [-0.05, 0) is 68.5 Å². The van der Waals surface area contributed by atoms with Gasteiger partial charge in [0.15, 0.2) is 5.78 Å². The van der Waals surface area contributed by atoms with Crippen LogP contribution in [0.2, 0.25) is 0 Å². The molecule has 23 heavy (non-hydrogen) atoms. The predicted octanol–water partition coefficient (Wildman–Crippen LogP) is 4.60. The molecule has 2 aromatic carbocycles. The zero-order valence-corrected chi connectivity index (χ0v) is 13.9. The summed E-state index contributed by atoms with van der Waals surface area (Å²) in [4.78, 5) is 12.2. The second kappa shape index (κ2) is 5.03. The average Bonchev–Trinajstić information content (AvgIpc) is 2.45. The lowest BCUT2D eigenvalue weighted by Gasteiger charge is -2.62. The van der Waals surface area contributed by atoms with Crippen molar-refractivity contribution in [1.82, 2.24) is 0 Å². The van der Waals surface area contributed by atoms with Crippen LogP contribution >= 0.6 is 0 Å². The van der Waals surface area contributed by atoms with Gasteiger partial charge in [0.1, 0.15) is 0 Å². The SMILES string of the molecule is CC(=O)c1ccc(N=S(=O)(c2ccccc2)C23CC(C2)C3)cc1. The Kier molecular flexibility index (Phi) is 3.20. The molecule has 0 heterocycles. The highest BCUT2D eigenvalue weighted by molar-refractivity contribution is 7.95. The first-order chi connectivity index (χ1) is 11.0. The van der Waals surface area contributed by atoms with Crippen LogP contribution in [-0.2, 0) is 9.73 Å². The van der Waals surface area contributed by atoms with Crippen molar-refractivity contribution in [2.75, 3.05) is 0 Å². The molecule has 0 radical (unpaired) electrons. The van der Waals surface area contributed by atoms with Gasteiger partial charge in [-0.25, -0.2) is 4.21 Å². The largest absolute Gasteiger partial charge is 0.295 e. The summed E-state index contributed by atoms with van der Waals surface area (Å²) in [7, 11) is -2.49. The second-order valence-electron chi connectivity index (χ2n) is 6.69. The molecule has 3 nitrogen and oxygen atoms in total. The Morgan fingerprint density at radius 2 is 1.65 bits per heavy atom. The Labute approximate surface area is 136 Å². The summed E-state index contributed by atoms with van der Waals surface area (Å²) in [5.74, 6) is 0.773. The molecule has 118 valence electrons. The number of benzene rings is 2. The second-order valence-corrected chi connectivity index (χ2v) is 9.27. The maximum Gasteiger partial charge on any atom is 0.159 e. The molecule has 4 heteroatoms. The van der Waals surface area contributed by atoms with Crippen molar-refractivity contribution < 1.29 is 9.00 Å². The van der Waals surface area contributed by atoms with Crippen LogP contribution in [0.1, 0.15) is 36.5 Å². The van der Waals surface area contributed by atoms with E-state index in [-0.39, 0.29) is 10.5 Å². The molecule has 0 aliphatic heterocycles. The molecular weight excluding hydrogens is 306 g/mol. The third-order valence-corrected chi connectivity index (χ3v) is 8.19. The van der Waals surface area contributed by atoms with Crippen LogP contribution in [0.4, 0.5) is 5.69 Å². The van der Waals surface area contributed by atoms with Crippen molar-refractivity contribution in [3.05, 3.63) is 60.2 Å². The number of nitrogens with zero attached hydrogens (tertiary/aromatic N) is 1. The Hall–Kier alpha value is -1.94. The van der Waals surface area contributed by atoms with Crippen LogP contribution in [-0.4, -0.2) is 14.7 Å². The number of Topliss-reactive ketones (excluding diaryl/α,β-unsaturated/α-hetero) is 1. The molecule has 0 aromatic heterocycles. The normalized spacial score (nSPS) is 27.3. The highest BCUT2D eigenvalue weighted by Crippen LogP contribution is 2.64. The molecule has 3 saturated carbocycles. The number of hydrogen-bond acceptors (Lipinski definition) is 3. The van der Waals surface area contributed by atoms with E-state index in [9.17, 15) is 9.00 Å². The molecule has 3 aliphatic rings. The Bertz CT molecular complexity index is 860. The Morgan fingerprint density at radius 3 is 2.13 bits per heavy atom. The Balaban J connectivity index is 1.82. The first-order valence-corrected chi connectivity index (χ1v) is 9.47. The van der Waals surface area contributed by atoms with Crippen molar-refractivity contribution in [3.8, 4) is 0 Å². The summed E-state index contributed by atoms with van der Waals surface area (Å²) in [5, 5.41) is 0. The van der Waals surface area contributed by atoms with Gasteiger partial charge >= 0.3 is 0 Å². The van der Waals surface area contributed by atoms with E-state index in [0.29, 0.717) is 11.3 Å². The molecule has 0 spiro atoms. The fourth-order valence-electron chi connectivity index (χ4n) is 3.65. The van der Waals surface area contributed by atoms with E-state index in [1.807, 2.05) is 30.3 Å². The smallest absolute Gasteiger partial charge is 0.159 e. The van der Waals surface area contributed by atoms with Gasteiger partial charge in [-0.3, -0.25) is 4.79 Å². The van der Waals surface area contributed by atoms with Crippen LogP contribution in [0, 0.1) is 5.92 Å². The fraction of sp³-hybridized carbons (Fsp3) is 0.316. The third-order valence-electron chi connectivity index (χ3n) is 5.14. The average molecular weight is 325 g/mol. The van der Waals surface area contributed by atoms with Gasteiger partial charge in [-0.1, -0.05) is 18.2 Å². The van der Waals surface area contributed by atoms with Crippen LogP contribution in [0.15, 0.2) is 63.9 Å². The number of carbonyl (C=O) groups excluding carboxylic acids is 1. The summed E-state index contributed by atoms with van der Waals surface area (Å²) in [6.07, 6.45) is 3.07. The van der Waals surface area contributed by atoms with Gasteiger partial charge in [0.05, 0.1) is 20.2 Å². The molecule has 1 unspecified atom stereocenters. The topological polar surface area (TPSA) is 46.5 Å². The first kappa shape index (κ1) is 14.6. The van der Waals surface area contributed by atoms with Gasteiger partial charge in [-0.15, -0.1) is 0 Å². The van der Waals surface area contributed by atoms with E-state index in [2.05, 4.69) is 0 Å². The minimum atomic E-state index is -2.49. The van der Waals surface area contributed by atoms with Crippen molar-refractivity contribution >= 4 is 21.2 Å². The highest BCUT2D eigenvalue weighted by atomic mass is 32.2. The fourth-order valence-corrected chi connectivity index (χ4v) is 6.78. The maximum absolute atomic E-state index is 13.9. The molecule has 2 aromatic rings. The van der Waals surface area contributed by atoms with E-state index in [1.54, 1.807) is 31.2 Å². The van der Waals surface area contributed by atoms with Gasteiger partial charge in [0.2, 0.25) is 0 Å². The zero-order valence-electron chi connectivity index (χ0n) is 13.1. The number of ketones is 1. The molecule has 3 fully saturated rings. The van der Waals surface area contributed by atoms with Crippen LogP contribution in [0.5, 0.6) is 0 Å². The molecule has 3 aliphatic carbocycles. The monoisotopic (exact) mass is 325 g/mol. The van der Waals surface area contributed by atoms with Gasteiger partial charge in [0.25, 0.3) is 0 Å². The van der Waals surface area contributed by atoms with E-state index in [0.717, 1.165) is 30.1 Å². The van der Waals surface area contributed by atoms with Crippen LogP contribution in [0.25, 0.3) is 0 Å². The van der Waals surface area contributed by atoms with E-state index in [4.69, 9.17) is 4.36 Å².